The van der Waals surface area contributed by atoms with E-state index in [-0.39, 0.29) is 0 Å². The predicted molar refractivity (Wildman–Crippen MR) is 49.1 cm³/mol. The fraction of sp³-hybridized carbons (Fsp3) is 0.143. The van der Waals surface area contributed by atoms with Crippen molar-refractivity contribution < 1.29 is 26.1 Å². The van der Waals surface area contributed by atoms with Gasteiger partial charge in [-0.15, -0.1) is 0 Å². The number of hydrogen-bond donors (Lipinski definition) is 3. The van der Waals surface area contributed by atoms with E-state index in [1.165, 1.54) is 0 Å². The van der Waals surface area contributed by atoms with Crippen molar-refractivity contribution in [3.63, 3.8) is 0 Å². The highest BCUT2D eigenvalue weighted by Crippen LogP contribution is 2.33. The van der Waals surface area contributed by atoms with Crippen LogP contribution < -0.4 is 11.3 Å². The molecule has 0 amide bonds. The lowest BCUT2D eigenvalue weighted by Crippen LogP contribution is -2.14. The number of benzene rings is 1. The molecule has 0 unspecified atom stereocenters. The molecule has 0 bridgehead atoms. The third kappa shape index (κ3) is 2.62. The number of anilines is 1. The van der Waals surface area contributed by atoms with E-state index in [9.17, 15) is 21.6 Å². The Morgan fingerprint density at radius 2 is 1.88 bits per heavy atom. The molecule has 0 spiro atoms. The highest BCUT2D eigenvalue weighted by Gasteiger charge is 2.32. The molecule has 0 saturated carbocycles. The molecule has 1 rings (SSSR count). The van der Waals surface area contributed by atoms with Gasteiger partial charge in [0.05, 0.1) is 11.3 Å². The molecule has 1 aromatic rings. The first-order valence-electron chi connectivity index (χ1n) is 3.81. The van der Waals surface area contributed by atoms with Crippen molar-refractivity contribution in [3.05, 3.63) is 23.8 Å². The Bertz CT molecular complexity index is 498. The van der Waals surface area contributed by atoms with Crippen LogP contribution in [0.3, 0.4) is 0 Å². The van der Waals surface area contributed by atoms with E-state index in [0.717, 1.165) is 0 Å². The molecule has 0 saturated heterocycles. The van der Waals surface area contributed by atoms with E-state index in [1.807, 2.05) is 0 Å². The standard InChI is InChI=1S/C7H7F3N2O3S/c8-7(9,10)4-1-2-6(16(13,14)15)5(3-4)12-11/h1-3,12H,11H2,(H,13,14,15). The number of nitrogens with two attached hydrogens (primary N) is 1. The summed E-state index contributed by atoms with van der Waals surface area (Å²) in [5.74, 6) is 4.87. The van der Waals surface area contributed by atoms with E-state index >= 15 is 0 Å². The normalized spacial score (nSPS) is 12.6. The minimum absolute atomic E-state index is 0.489. The Hall–Kier alpha value is -1.32. The lowest BCUT2D eigenvalue weighted by molar-refractivity contribution is -0.137. The average molecular weight is 256 g/mol. The number of nitrogen functional groups attached to an aromatic ring is 1. The Morgan fingerprint density at radius 1 is 1.31 bits per heavy atom. The van der Waals surface area contributed by atoms with Crippen LogP contribution >= 0.6 is 0 Å². The number of hydrazine groups is 1. The van der Waals surface area contributed by atoms with Crippen LogP contribution in [0.5, 0.6) is 0 Å². The van der Waals surface area contributed by atoms with Gasteiger partial charge in [-0.2, -0.15) is 21.6 Å². The van der Waals surface area contributed by atoms with Crippen LogP contribution in [-0.4, -0.2) is 13.0 Å². The van der Waals surface area contributed by atoms with E-state index < -0.39 is 32.4 Å². The second-order valence-electron chi connectivity index (χ2n) is 2.83. The van der Waals surface area contributed by atoms with Gasteiger partial charge < -0.3 is 5.43 Å². The van der Waals surface area contributed by atoms with Crippen molar-refractivity contribution in [2.24, 2.45) is 5.84 Å². The van der Waals surface area contributed by atoms with Crippen molar-refractivity contribution in [3.8, 4) is 0 Å². The second-order valence-corrected chi connectivity index (χ2v) is 4.22. The van der Waals surface area contributed by atoms with Crippen LogP contribution in [0.25, 0.3) is 0 Å². The highest BCUT2D eigenvalue weighted by molar-refractivity contribution is 7.86. The summed E-state index contributed by atoms with van der Waals surface area (Å²) in [6, 6.07) is 1.64. The van der Waals surface area contributed by atoms with Gasteiger partial charge in [-0.1, -0.05) is 0 Å². The first kappa shape index (κ1) is 12.7. The molecule has 5 nitrogen and oxygen atoms in total. The van der Waals surface area contributed by atoms with E-state index in [0.29, 0.717) is 18.2 Å². The molecule has 0 aliphatic heterocycles. The maximum absolute atomic E-state index is 12.3. The van der Waals surface area contributed by atoms with Crippen molar-refractivity contribution in [2.75, 3.05) is 5.43 Å². The summed E-state index contributed by atoms with van der Waals surface area (Å²) in [5, 5.41) is 0. The van der Waals surface area contributed by atoms with Gasteiger partial charge in [0, 0.05) is 0 Å². The molecule has 0 heterocycles. The third-order valence-corrected chi connectivity index (χ3v) is 2.65. The van der Waals surface area contributed by atoms with Crippen LogP contribution in [0.2, 0.25) is 0 Å². The molecule has 90 valence electrons. The zero-order valence-electron chi connectivity index (χ0n) is 7.62. The number of rotatable bonds is 2. The summed E-state index contributed by atoms with van der Waals surface area (Å²) in [6.45, 7) is 0. The monoisotopic (exact) mass is 256 g/mol. The second kappa shape index (κ2) is 3.92. The van der Waals surface area contributed by atoms with Crippen LogP contribution in [0.15, 0.2) is 23.1 Å². The van der Waals surface area contributed by atoms with Gasteiger partial charge in [0.25, 0.3) is 10.1 Å². The number of hydrogen-bond acceptors (Lipinski definition) is 4. The Balaban J connectivity index is 3.40. The number of nitrogens with one attached hydrogen (secondary N) is 1. The Labute approximate surface area is 88.8 Å². The first-order chi connectivity index (χ1) is 7.16. The third-order valence-electron chi connectivity index (χ3n) is 1.74. The topological polar surface area (TPSA) is 92.4 Å². The molecule has 0 aromatic heterocycles. The summed E-state index contributed by atoms with van der Waals surface area (Å²) in [4.78, 5) is -0.719. The maximum atomic E-state index is 12.3. The predicted octanol–water partition coefficient (Wildman–Crippen LogP) is 1.24. The van der Waals surface area contributed by atoms with Crippen LogP contribution in [0, 0.1) is 0 Å². The Morgan fingerprint density at radius 3 is 2.25 bits per heavy atom. The summed E-state index contributed by atoms with van der Waals surface area (Å²) in [5.41, 5.74) is 0.169. The summed E-state index contributed by atoms with van der Waals surface area (Å²) in [6.07, 6.45) is -4.62. The molecule has 1 aromatic carbocycles. The molecule has 0 atom stereocenters. The molecule has 0 aliphatic rings. The van der Waals surface area contributed by atoms with Gasteiger partial charge in [-0.05, 0) is 18.2 Å². The average Bonchev–Trinajstić information content (AvgIpc) is 2.14. The molecule has 0 fully saturated rings. The summed E-state index contributed by atoms with van der Waals surface area (Å²) < 4.78 is 67.0. The fourth-order valence-corrected chi connectivity index (χ4v) is 1.68. The van der Waals surface area contributed by atoms with Crippen molar-refractivity contribution in [1.29, 1.82) is 0 Å². The molecular formula is C7H7F3N2O3S. The fourth-order valence-electron chi connectivity index (χ4n) is 1.04. The molecule has 4 N–H and O–H groups in total. The van der Waals surface area contributed by atoms with Gasteiger partial charge in [0.1, 0.15) is 4.90 Å². The van der Waals surface area contributed by atoms with Gasteiger partial charge in [0.2, 0.25) is 0 Å². The SMILES string of the molecule is NNc1cc(C(F)(F)F)ccc1S(=O)(=O)O. The quantitative estimate of drug-likeness (QED) is 0.420. The van der Waals surface area contributed by atoms with Crippen molar-refractivity contribution in [1.82, 2.24) is 0 Å². The smallest absolute Gasteiger partial charge is 0.323 e. The Kier molecular flexibility index (Phi) is 3.13. The lowest BCUT2D eigenvalue weighted by Gasteiger charge is -2.11. The van der Waals surface area contributed by atoms with Gasteiger partial charge in [-0.3, -0.25) is 10.4 Å². The van der Waals surface area contributed by atoms with Crippen molar-refractivity contribution >= 4 is 15.8 Å². The molecule has 0 radical (unpaired) electrons. The summed E-state index contributed by atoms with van der Waals surface area (Å²) >= 11 is 0. The molecular weight excluding hydrogens is 249 g/mol. The first-order valence-corrected chi connectivity index (χ1v) is 5.25. The largest absolute Gasteiger partial charge is 0.416 e. The number of halogens is 3. The molecule has 16 heavy (non-hydrogen) atoms. The minimum Gasteiger partial charge on any atom is -0.323 e. The minimum atomic E-state index is -4.62. The lowest BCUT2D eigenvalue weighted by atomic mass is 10.2. The van der Waals surface area contributed by atoms with Gasteiger partial charge >= 0.3 is 6.18 Å². The van der Waals surface area contributed by atoms with Crippen LogP contribution in [-0.2, 0) is 16.3 Å². The zero-order valence-corrected chi connectivity index (χ0v) is 8.43. The maximum Gasteiger partial charge on any atom is 0.416 e. The number of alkyl halides is 3. The van der Waals surface area contributed by atoms with Gasteiger partial charge in [-0.25, -0.2) is 0 Å². The van der Waals surface area contributed by atoms with Crippen LogP contribution in [0.1, 0.15) is 5.56 Å². The highest BCUT2D eigenvalue weighted by atomic mass is 32.2. The van der Waals surface area contributed by atoms with Crippen LogP contribution in [0.4, 0.5) is 18.9 Å². The van der Waals surface area contributed by atoms with Gasteiger partial charge in [0.15, 0.2) is 0 Å². The van der Waals surface area contributed by atoms with E-state index in [1.54, 1.807) is 5.43 Å². The zero-order chi connectivity index (χ0) is 12.6. The van der Waals surface area contributed by atoms with E-state index in [4.69, 9.17) is 10.4 Å². The molecule has 9 heteroatoms. The molecule has 0 aliphatic carbocycles. The summed E-state index contributed by atoms with van der Waals surface area (Å²) in [7, 11) is -4.62. The van der Waals surface area contributed by atoms with E-state index in [2.05, 4.69) is 0 Å². The van der Waals surface area contributed by atoms with Crippen molar-refractivity contribution in [2.45, 2.75) is 11.1 Å².